The molecule has 0 unspecified atom stereocenters. The van der Waals surface area contributed by atoms with Gasteiger partial charge in [0.15, 0.2) is 0 Å². The van der Waals surface area contributed by atoms with Crippen LogP contribution in [0.1, 0.15) is 43.6 Å². The van der Waals surface area contributed by atoms with Crippen molar-refractivity contribution in [1.82, 2.24) is 24.6 Å². The zero-order chi connectivity index (χ0) is 19.6. The Morgan fingerprint density at radius 2 is 1.74 bits per heavy atom. The average Bonchev–Trinajstić information content (AvgIpc) is 3.01. The molecule has 0 radical (unpaired) electrons. The van der Waals surface area contributed by atoms with Gasteiger partial charge in [-0.1, -0.05) is 20.8 Å². The quantitative estimate of drug-likeness (QED) is 0.827. The minimum atomic E-state index is -0.308. The van der Waals surface area contributed by atoms with E-state index in [1.165, 1.54) is 12.1 Å². The summed E-state index contributed by atoms with van der Waals surface area (Å²) in [4.78, 5) is 21.3. The Kier molecular flexibility index (Phi) is 5.60. The lowest BCUT2D eigenvalue weighted by molar-refractivity contribution is 0.0611. The number of piperazine rings is 1. The molecule has 1 aromatic heterocycles. The molecule has 0 aliphatic carbocycles. The predicted molar refractivity (Wildman–Crippen MR) is 102 cm³/mol. The van der Waals surface area contributed by atoms with Gasteiger partial charge in [-0.3, -0.25) is 9.69 Å². The maximum Gasteiger partial charge on any atom is 0.293 e. The summed E-state index contributed by atoms with van der Waals surface area (Å²) in [7, 11) is 0. The van der Waals surface area contributed by atoms with Crippen molar-refractivity contribution >= 4 is 5.91 Å². The van der Waals surface area contributed by atoms with Gasteiger partial charge < -0.3 is 4.90 Å². The second kappa shape index (κ2) is 7.76. The van der Waals surface area contributed by atoms with E-state index in [1.807, 2.05) is 4.90 Å². The first-order valence-corrected chi connectivity index (χ1v) is 9.44. The first-order valence-electron chi connectivity index (χ1n) is 9.44. The van der Waals surface area contributed by atoms with E-state index in [9.17, 15) is 9.18 Å². The van der Waals surface area contributed by atoms with Crippen LogP contribution in [0.3, 0.4) is 0 Å². The number of hydrogen-bond acceptors (Lipinski definition) is 4. The summed E-state index contributed by atoms with van der Waals surface area (Å²) in [5.74, 6) is 0.348. The highest BCUT2D eigenvalue weighted by molar-refractivity contribution is 5.90. The van der Waals surface area contributed by atoms with Gasteiger partial charge in [-0.15, -0.1) is 5.10 Å². The fourth-order valence-electron chi connectivity index (χ4n) is 3.12. The van der Waals surface area contributed by atoms with E-state index >= 15 is 0 Å². The molecule has 7 heteroatoms. The number of rotatable bonds is 4. The molecule has 0 saturated carbocycles. The third-order valence-corrected chi connectivity index (χ3v) is 4.87. The highest BCUT2D eigenvalue weighted by atomic mass is 19.1. The standard InChI is InChI=1S/C20H28FN5O/c1-15-22-18(23-26(15)17-7-5-16(21)6-8-17)19(27)25-13-11-24(12-14-25)10-9-20(2,3)4/h5-8H,9-14H2,1-4H3. The van der Waals surface area contributed by atoms with E-state index in [1.54, 1.807) is 23.7 Å². The highest BCUT2D eigenvalue weighted by Gasteiger charge is 2.26. The fourth-order valence-corrected chi connectivity index (χ4v) is 3.12. The lowest BCUT2D eigenvalue weighted by atomic mass is 9.92. The molecule has 1 aliphatic rings. The molecule has 0 bridgehead atoms. The smallest absolute Gasteiger partial charge is 0.293 e. The average molecular weight is 373 g/mol. The summed E-state index contributed by atoms with van der Waals surface area (Å²) in [6, 6.07) is 5.99. The number of benzene rings is 1. The number of carbonyl (C=O) groups excluding carboxylic acids is 1. The molecular formula is C20H28FN5O. The zero-order valence-corrected chi connectivity index (χ0v) is 16.6. The van der Waals surface area contributed by atoms with Crippen molar-refractivity contribution < 1.29 is 9.18 Å². The number of aryl methyl sites for hydroxylation is 1. The molecule has 27 heavy (non-hydrogen) atoms. The number of halogens is 1. The molecule has 6 nitrogen and oxygen atoms in total. The number of nitrogens with zero attached hydrogens (tertiary/aromatic N) is 5. The summed E-state index contributed by atoms with van der Waals surface area (Å²) >= 11 is 0. The van der Waals surface area contributed by atoms with Crippen molar-refractivity contribution in [3.8, 4) is 5.69 Å². The van der Waals surface area contributed by atoms with Crippen molar-refractivity contribution in [2.75, 3.05) is 32.7 Å². The Labute approximate surface area is 160 Å². The Morgan fingerprint density at radius 3 is 2.33 bits per heavy atom. The zero-order valence-electron chi connectivity index (χ0n) is 16.6. The van der Waals surface area contributed by atoms with Crippen molar-refractivity contribution in [3.63, 3.8) is 0 Å². The van der Waals surface area contributed by atoms with Crippen LogP contribution in [0, 0.1) is 18.2 Å². The number of amides is 1. The van der Waals surface area contributed by atoms with Gasteiger partial charge in [0, 0.05) is 26.2 Å². The molecule has 1 saturated heterocycles. The molecule has 1 amide bonds. The number of hydrogen-bond donors (Lipinski definition) is 0. The van der Waals surface area contributed by atoms with E-state index in [0.717, 1.165) is 26.1 Å². The van der Waals surface area contributed by atoms with Crippen LogP contribution in [0.25, 0.3) is 5.69 Å². The molecule has 0 spiro atoms. The van der Waals surface area contributed by atoms with Crippen LogP contribution in [0.15, 0.2) is 24.3 Å². The van der Waals surface area contributed by atoms with Gasteiger partial charge in [0.25, 0.3) is 5.91 Å². The second-order valence-electron chi connectivity index (χ2n) is 8.32. The topological polar surface area (TPSA) is 54.3 Å². The van der Waals surface area contributed by atoms with Gasteiger partial charge in [-0.05, 0) is 49.6 Å². The Balaban J connectivity index is 1.62. The Bertz CT molecular complexity index is 786. The molecule has 2 heterocycles. The van der Waals surface area contributed by atoms with Gasteiger partial charge in [-0.2, -0.15) is 0 Å². The first kappa shape index (κ1) is 19.5. The molecule has 1 aliphatic heterocycles. The molecule has 0 atom stereocenters. The van der Waals surface area contributed by atoms with Gasteiger partial charge in [0.1, 0.15) is 11.6 Å². The van der Waals surface area contributed by atoms with Crippen molar-refractivity contribution in [2.24, 2.45) is 5.41 Å². The summed E-state index contributed by atoms with van der Waals surface area (Å²) in [6.07, 6.45) is 1.14. The van der Waals surface area contributed by atoms with E-state index in [4.69, 9.17) is 0 Å². The third kappa shape index (κ3) is 4.91. The summed E-state index contributed by atoms with van der Waals surface area (Å²) < 4.78 is 14.7. The first-order chi connectivity index (χ1) is 12.7. The monoisotopic (exact) mass is 373 g/mol. The summed E-state index contributed by atoms with van der Waals surface area (Å²) in [5, 5.41) is 4.35. The molecule has 146 valence electrons. The maximum absolute atomic E-state index is 13.1. The predicted octanol–water partition coefficient (Wildman–Crippen LogP) is 2.91. The van der Waals surface area contributed by atoms with Crippen LogP contribution in [-0.2, 0) is 0 Å². The third-order valence-electron chi connectivity index (χ3n) is 4.87. The van der Waals surface area contributed by atoms with E-state index < -0.39 is 0 Å². The molecule has 3 rings (SSSR count). The van der Waals surface area contributed by atoms with Crippen molar-refractivity contribution in [2.45, 2.75) is 34.1 Å². The maximum atomic E-state index is 13.1. The Morgan fingerprint density at radius 1 is 1.11 bits per heavy atom. The van der Waals surface area contributed by atoms with Crippen LogP contribution in [0.5, 0.6) is 0 Å². The van der Waals surface area contributed by atoms with Crippen LogP contribution in [0.4, 0.5) is 4.39 Å². The minimum Gasteiger partial charge on any atom is -0.333 e. The van der Waals surface area contributed by atoms with E-state index in [-0.39, 0.29) is 17.5 Å². The van der Waals surface area contributed by atoms with Crippen molar-refractivity contribution in [3.05, 3.63) is 41.7 Å². The van der Waals surface area contributed by atoms with E-state index in [2.05, 4.69) is 35.8 Å². The van der Waals surface area contributed by atoms with Gasteiger partial charge in [0.05, 0.1) is 5.69 Å². The van der Waals surface area contributed by atoms with E-state index in [0.29, 0.717) is 30.0 Å². The molecular weight excluding hydrogens is 345 g/mol. The Hall–Kier alpha value is -2.28. The van der Waals surface area contributed by atoms with Crippen LogP contribution in [0.2, 0.25) is 0 Å². The largest absolute Gasteiger partial charge is 0.333 e. The van der Waals surface area contributed by atoms with Crippen LogP contribution < -0.4 is 0 Å². The highest BCUT2D eigenvalue weighted by Crippen LogP contribution is 2.19. The second-order valence-corrected chi connectivity index (χ2v) is 8.32. The molecule has 1 aromatic carbocycles. The summed E-state index contributed by atoms with van der Waals surface area (Å²) in [6.45, 7) is 12.7. The van der Waals surface area contributed by atoms with Crippen LogP contribution in [-0.4, -0.2) is 63.2 Å². The van der Waals surface area contributed by atoms with Crippen LogP contribution >= 0.6 is 0 Å². The number of carbonyl (C=O) groups is 1. The van der Waals surface area contributed by atoms with Gasteiger partial charge in [-0.25, -0.2) is 14.1 Å². The van der Waals surface area contributed by atoms with Gasteiger partial charge in [0.2, 0.25) is 5.82 Å². The molecule has 2 aromatic rings. The molecule has 1 fully saturated rings. The van der Waals surface area contributed by atoms with Crippen molar-refractivity contribution in [1.29, 1.82) is 0 Å². The normalized spacial score (nSPS) is 16.0. The SMILES string of the molecule is Cc1nc(C(=O)N2CCN(CCC(C)(C)C)CC2)nn1-c1ccc(F)cc1. The fraction of sp³-hybridized carbons (Fsp3) is 0.550. The van der Waals surface area contributed by atoms with Gasteiger partial charge >= 0.3 is 0 Å². The lowest BCUT2D eigenvalue weighted by Crippen LogP contribution is -2.49. The molecule has 0 N–H and O–H groups in total. The lowest BCUT2D eigenvalue weighted by Gasteiger charge is -2.35. The minimum absolute atomic E-state index is 0.144. The summed E-state index contributed by atoms with van der Waals surface area (Å²) in [5.41, 5.74) is 1.01. The number of aromatic nitrogens is 3.